The zero-order valence-electron chi connectivity index (χ0n) is 18.7. The first kappa shape index (κ1) is 20.7. The van der Waals surface area contributed by atoms with Crippen LogP contribution in [0.15, 0.2) is 47.5 Å². The van der Waals surface area contributed by atoms with Crippen LogP contribution in [0.3, 0.4) is 0 Å². The molecule has 2 heterocycles. The van der Waals surface area contributed by atoms with Crippen LogP contribution in [0, 0.1) is 6.92 Å². The number of anilines is 1. The summed E-state index contributed by atoms with van der Waals surface area (Å²) in [5.41, 5.74) is 3.79. The zero-order chi connectivity index (χ0) is 22.2. The highest BCUT2D eigenvalue weighted by Crippen LogP contribution is 2.23. The summed E-state index contributed by atoms with van der Waals surface area (Å²) < 4.78 is 1.56. The van der Waals surface area contributed by atoms with Crippen LogP contribution in [0.4, 0.5) is 5.69 Å². The van der Waals surface area contributed by atoms with E-state index >= 15 is 0 Å². The standard InChI is InChI=1S/C25H29N5O2/c1-3-28-10-12-29(13-11-28)20-8-9-22-21(15-20)25(32)30(16-26-22)23-14-18(5-4-17(23)2)24(31)27-19-6-7-19/h4-5,8-9,14-16,19H,3,6-7,10-13H2,1-2H3,(H,27,31). The van der Waals surface area contributed by atoms with Crippen molar-refractivity contribution in [3.05, 3.63) is 64.2 Å². The summed E-state index contributed by atoms with van der Waals surface area (Å²) >= 11 is 0. The quantitative estimate of drug-likeness (QED) is 0.673. The molecule has 0 spiro atoms. The number of likely N-dealkylation sites (N-methyl/N-ethyl adjacent to an activating group) is 1. The average Bonchev–Trinajstić information content (AvgIpc) is 3.64. The Labute approximate surface area is 187 Å². The van der Waals surface area contributed by atoms with Gasteiger partial charge in [0, 0.05) is 43.5 Å². The molecule has 32 heavy (non-hydrogen) atoms. The van der Waals surface area contributed by atoms with Gasteiger partial charge in [-0.15, -0.1) is 0 Å². The number of nitrogens with zero attached hydrogens (tertiary/aromatic N) is 4. The van der Waals surface area contributed by atoms with Crippen LogP contribution in [-0.4, -0.2) is 59.1 Å². The number of carbonyl (C=O) groups is 1. The van der Waals surface area contributed by atoms with E-state index in [0.717, 1.165) is 56.8 Å². The molecule has 5 rings (SSSR count). The van der Waals surface area contributed by atoms with Crippen LogP contribution in [0.5, 0.6) is 0 Å². The van der Waals surface area contributed by atoms with Gasteiger partial charge in [0.1, 0.15) is 6.33 Å². The van der Waals surface area contributed by atoms with E-state index < -0.39 is 0 Å². The molecule has 3 aromatic rings. The van der Waals surface area contributed by atoms with E-state index in [1.807, 2.05) is 31.2 Å². The highest BCUT2D eigenvalue weighted by Gasteiger charge is 2.24. The molecule has 7 heteroatoms. The molecule has 1 N–H and O–H groups in total. The van der Waals surface area contributed by atoms with Gasteiger partial charge in [0.15, 0.2) is 0 Å². The van der Waals surface area contributed by atoms with Gasteiger partial charge in [0.2, 0.25) is 0 Å². The molecule has 2 aliphatic rings. The number of nitrogens with one attached hydrogen (secondary N) is 1. The first-order valence-electron chi connectivity index (χ1n) is 11.4. The van der Waals surface area contributed by atoms with E-state index in [9.17, 15) is 9.59 Å². The van der Waals surface area contributed by atoms with Gasteiger partial charge in [-0.25, -0.2) is 4.98 Å². The minimum Gasteiger partial charge on any atom is -0.369 e. The average molecular weight is 432 g/mol. The van der Waals surface area contributed by atoms with Crippen LogP contribution in [0.1, 0.15) is 35.7 Å². The van der Waals surface area contributed by atoms with Gasteiger partial charge in [-0.3, -0.25) is 14.2 Å². The summed E-state index contributed by atoms with van der Waals surface area (Å²) in [4.78, 5) is 35.3. The molecule has 2 fully saturated rings. The summed E-state index contributed by atoms with van der Waals surface area (Å²) in [7, 11) is 0. The molecule has 0 unspecified atom stereocenters. The monoisotopic (exact) mass is 431 g/mol. The van der Waals surface area contributed by atoms with Crippen LogP contribution in [-0.2, 0) is 0 Å². The Morgan fingerprint density at radius 2 is 1.88 bits per heavy atom. The molecule has 0 radical (unpaired) electrons. The molecular weight excluding hydrogens is 402 g/mol. The number of amides is 1. The summed E-state index contributed by atoms with van der Waals surface area (Å²) in [6, 6.07) is 11.7. The molecule has 1 aromatic heterocycles. The smallest absolute Gasteiger partial charge is 0.265 e. The van der Waals surface area contributed by atoms with E-state index in [4.69, 9.17) is 0 Å². The van der Waals surface area contributed by atoms with Crippen LogP contribution in [0.2, 0.25) is 0 Å². The molecule has 1 amide bonds. The van der Waals surface area contributed by atoms with Crippen molar-refractivity contribution in [2.75, 3.05) is 37.6 Å². The van der Waals surface area contributed by atoms with Gasteiger partial charge in [0.05, 0.1) is 16.6 Å². The van der Waals surface area contributed by atoms with Gasteiger partial charge >= 0.3 is 0 Å². The van der Waals surface area contributed by atoms with Crippen molar-refractivity contribution in [1.82, 2.24) is 19.8 Å². The molecule has 0 bridgehead atoms. The third-order valence-corrected chi connectivity index (χ3v) is 6.57. The number of hydrogen-bond acceptors (Lipinski definition) is 5. The van der Waals surface area contributed by atoms with Crippen molar-refractivity contribution >= 4 is 22.5 Å². The van der Waals surface area contributed by atoms with Crippen molar-refractivity contribution in [2.24, 2.45) is 0 Å². The number of carbonyl (C=O) groups excluding carboxylic acids is 1. The molecule has 2 aromatic carbocycles. The fourth-order valence-corrected chi connectivity index (χ4v) is 4.31. The molecule has 1 aliphatic heterocycles. The van der Waals surface area contributed by atoms with E-state index in [1.165, 1.54) is 0 Å². The summed E-state index contributed by atoms with van der Waals surface area (Å²) in [6.07, 6.45) is 3.64. The summed E-state index contributed by atoms with van der Waals surface area (Å²) in [5, 5.41) is 3.61. The Morgan fingerprint density at radius 3 is 2.59 bits per heavy atom. The number of rotatable bonds is 5. The summed E-state index contributed by atoms with van der Waals surface area (Å²) in [6.45, 7) is 9.15. The lowest BCUT2D eigenvalue weighted by molar-refractivity contribution is 0.0951. The van der Waals surface area contributed by atoms with E-state index in [1.54, 1.807) is 17.0 Å². The second kappa shape index (κ2) is 8.39. The third kappa shape index (κ3) is 4.00. The predicted octanol–water partition coefficient (Wildman–Crippen LogP) is 2.73. The van der Waals surface area contributed by atoms with Crippen molar-refractivity contribution in [3.8, 4) is 5.69 Å². The van der Waals surface area contributed by atoms with Gasteiger partial charge in [0.25, 0.3) is 11.5 Å². The Kier molecular flexibility index (Phi) is 5.43. The molecule has 1 saturated heterocycles. The molecular formula is C25H29N5O2. The number of aromatic nitrogens is 2. The van der Waals surface area contributed by atoms with E-state index in [-0.39, 0.29) is 17.5 Å². The zero-order valence-corrected chi connectivity index (χ0v) is 18.7. The van der Waals surface area contributed by atoms with E-state index in [2.05, 4.69) is 33.1 Å². The number of hydrogen-bond donors (Lipinski definition) is 1. The Hall–Kier alpha value is -3.19. The lowest BCUT2D eigenvalue weighted by atomic mass is 10.1. The maximum Gasteiger partial charge on any atom is 0.265 e. The van der Waals surface area contributed by atoms with Crippen molar-refractivity contribution in [2.45, 2.75) is 32.7 Å². The maximum atomic E-state index is 13.5. The highest BCUT2D eigenvalue weighted by molar-refractivity contribution is 5.95. The van der Waals surface area contributed by atoms with Gasteiger partial charge < -0.3 is 15.1 Å². The Morgan fingerprint density at radius 1 is 1.09 bits per heavy atom. The Balaban J connectivity index is 1.50. The second-order valence-electron chi connectivity index (χ2n) is 8.79. The van der Waals surface area contributed by atoms with Crippen LogP contribution >= 0.6 is 0 Å². The minimum atomic E-state index is -0.119. The third-order valence-electron chi connectivity index (χ3n) is 6.57. The molecule has 1 saturated carbocycles. The normalized spacial score (nSPS) is 17.0. The van der Waals surface area contributed by atoms with E-state index in [0.29, 0.717) is 22.2 Å². The minimum absolute atomic E-state index is 0.0935. The fourth-order valence-electron chi connectivity index (χ4n) is 4.31. The van der Waals surface area contributed by atoms with Crippen LogP contribution in [0.25, 0.3) is 16.6 Å². The van der Waals surface area contributed by atoms with Crippen molar-refractivity contribution in [3.63, 3.8) is 0 Å². The first-order valence-corrected chi connectivity index (χ1v) is 11.4. The molecule has 1 aliphatic carbocycles. The first-order chi connectivity index (χ1) is 15.5. The van der Waals surface area contributed by atoms with Gasteiger partial charge in [-0.1, -0.05) is 13.0 Å². The SMILES string of the molecule is CCN1CCN(c2ccc3ncn(-c4cc(C(=O)NC5CC5)ccc4C)c(=O)c3c2)CC1. The number of aryl methyl sites for hydroxylation is 1. The van der Waals surface area contributed by atoms with Gasteiger partial charge in [-0.05, 0) is 62.2 Å². The number of fused-ring (bicyclic) bond motifs is 1. The Bertz CT molecular complexity index is 1220. The lowest BCUT2D eigenvalue weighted by Gasteiger charge is -2.35. The lowest BCUT2D eigenvalue weighted by Crippen LogP contribution is -2.46. The second-order valence-corrected chi connectivity index (χ2v) is 8.79. The van der Waals surface area contributed by atoms with Gasteiger partial charge in [-0.2, -0.15) is 0 Å². The van der Waals surface area contributed by atoms with Crippen molar-refractivity contribution < 1.29 is 4.79 Å². The molecule has 166 valence electrons. The summed E-state index contributed by atoms with van der Waals surface area (Å²) in [5.74, 6) is -0.0935. The fraction of sp³-hybridized carbons (Fsp3) is 0.400. The molecule has 7 nitrogen and oxygen atoms in total. The molecule has 0 atom stereocenters. The number of benzene rings is 2. The van der Waals surface area contributed by atoms with Crippen molar-refractivity contribution in [1.29, 1.82) is 0 Å². The van der Waals surface area contributed by atoms with Crippen LogP contribution < -0.4 is 15.8 Å². The largest absolute Gasteiger partial charge is 0.369 e. The highest BCUT2D eigenvalue weighted by atomic mass is 16.1. The topological polar surface area (TPSA) is 70.5 Å². The predicted molar refractivity (Wildman–Crippen MR) is 127 cm³/mol. The maximum absolute atomic E-state index is 13.5. The number of piperazine rings is 1.